The Kier molecular flexibility index (Phi) is 5.07. The zero-order valence-electron chi connectivity index (χ0n) is 12.2. The fourth-order valence-corrected chi connectivity index (χ4v) is 2.51. The highest BCUT2D eigenvalue weighted by Crippen LogP contribution is 2.26. The molecule has 0 unspecified atom stereocenters. The molecule has 2 N–H and O–H groups in total. The monoisotopic (exact) mass is 322 g/mol. The van der Waals surface area contributed by atoms with Gasteiger partial charge in [-0.2, -0.15) is 12.6 Å². The molecule has 1 heterocycles. The number of rotatable bonds is 4. The lowest BCUT2D eigenvalue weighted by Crippen LogP contribution is -2.50. The minimum absolute atomic E-state index is 0.345. The van der Waals surface area contributed by atoms with Gasteiger partial charge in [-0.3, -0.25) is 19.3 Å². The number of aliphatic carboxylic acids is 1. The molecule has 0 aromatic heterocycles. The average molecular weight is 322 g/mol. The summed E-state index contributed by atoms with van der Waals surface area (Å²) < 4.78 is 0. The third-order valence-electron chi connectivity index (χ3n) is 3.54. The number of aryl methyl sites for hydroxylation is 1. The van der Waals surface area contributed by atoms with E-state index in [-0.39, 0.29) is 5.91 Å². The molecule has 2 atom stereocenters. The van der Waals surface area contributed by atoms with Crippen LogP contribution in [0.2, 0.25) is 0 Å². The van der Waals surface area contributed by atoms with Crippen molar-refractivity contribution in [2.24, 2.45) is 0 Å². The summed E-state index contributed by atoms with van der Waals surface area (Å²) in [6.07, 6.45) is 1.02. The number of anilines is 1. The van der Waals surface area contributed by atoms with Crippen LogP contribution < -0.4 is 10.2 Å². The normalized spacial score (nSPS) is 19.1. The van der Waals surface area contributed by atoms with Gasteiger partial charge in [0.1, 0.15) is 12.6 Å². The van der Waals surface area contributed by atoms with Gasteiger partial charge in [-0.25, -0.2) is 0 Å². The van der Waals surface area contributed by atoms with Gasteiger partial charge in [0.2, 0.25) is 11.8 Å². The Morgan fingerprint density at radius 1 is 1.45 bits per heavy atom. The molecule has 0 aliphatic carbocycles. The average Bonchev–Trinajstić information content (AvgIpc) is 2.59. The first-order chi connectivity index (χ1) is 10.4. The molecular formula is C15H18N2O4S. The Balaban J connectivity index is 2.31. The van der Waals surface area contributed by atoms with Gasteiger partial charge in [-0.05, 0) is 31.4 Å². The summed E-state index contributed by atoms with van der Waals surface area (Å²) in [7, 11) is 0. The van der Waals surface area contributed by atoms with E-state index in [4.69, 9.17) is 5.11 Å². The van der Waals surface area contributed by atoms with E-state index in [9.17, 15) is 14.4 Å². The molecule has 1 aliphatic heterocycles. The minimum Gasteiger partial charge on any atom is -0.480 e. The highest BCUT2D eigenvalue weighted by atomic mass is 32.1. The summed E-state index contributed by atoms with van der Waals surface area (Å²) in [5.74, 6) is -1.85. The second kappa shape index (κ2) is 6.83. The van der Waals surface area contributed by atoms with Crippen LogP contribution in [0, 0.1) is 0 Å². The van der Waals surface area contributed by atoms with Crippen LogP contribution in [0.5, 0.6) is 0 Å². The minimum atomic E-state index is -1.10. The molecule has 0 radical (unpaired) electrons. The quantitative estimate of drug-likeness (QED) is 0.718. The van der Waals surface area contributed by atoms with Gasteiger partial charge in [0, 0.05) is 5.69 Å². The Morgan fingerprint density at radius 2 is 2.14 bits per heavy atom. The lowest BCUT2D eigenvalue weighted by Gasteiger charge is -2.25. The molecular weight excluding hydrogens is 304 g/mol. The number of carbonyl (C=O) groups is 3. The predicted molar refractivity (Wildman–Crippen MR) is 85.1 cm³/mol. The van der Waals surface area contributed by atoms with Crippen LogP contribution >= 0.6 is 12.6 Å². The molecule has 0 bridgehead atoms. The number of carbonyl (C=O) groups excluding carboxylic acids is 2. The molecule has 6 nitrogen and oxygen atoms in total. The Bertz CT molecular complexity index is 603. The third-order valence-corrected chi connectivity index (χ3v) is 3.77. The standard InChI is InChI=1S/C15H18N2O4S/c1-9(22)14(20)16-11-7-6-10-4-2-3-5-12(10)17(15(11)21)8-13(18)19/h2-5,9,11,22H,6-8H2,1H3,(H,16,20)(H,18,19)/t9-,11-/m0/s1. The summed E-state index contributed by atoms with van der Waals surface area (Å²) in [4.78, 5) is 36.7. The second-order valence-corrected chi connectivity index (χ2v) is 6.00. The van der Waals surface area contributed by atoms with Crippen LogP contribution in [0.3, 0.4) is 0 Å². The zero-order valence-corrected chi connectivity index (χ0v) is 13.0. The van der Waals surface area contributed by atoms with E-state index in [1.165, 1.54) is 4.90 Å². The Labute approximate surface area is 133 Å². The maximum atomic E-state index is 12.6. The Hall–Kier alpha value is -2.02. The van der Waals surface area contributed by atoms with Crippen molar-refractivity contribution in [3.8, 4) is 0 Å². The second-order valence-electron chi connectivity index (χ2n) is 5.22. The van der Waals surface area contributed by atoms with E-state index in [0.717, 1.165) is 5.56 Å². The number of amides is 2. The van der Waals surface area contributed by atoms with E-state index in [1.54, 1.807) is 19.1 Å². The van der Waals surface area contributed by atoms with Crippen molar-refractivity contribution in [1.82, 2.24) is 5.32 Å². The zero-order chi connectivity index (χ0) is 16.3. The maximum Gasteiger partial charge on any atom is 0.323 e. The van der Waals surface area contributed by atoms with Crippen LogP contribution in [-0.2, 0) is 20.8 Å². The first-order valence-corrected chi connectivity index (χ1v) is 7.51. The number of carboxylic acids is 1. The van der Waals surface area contributed by atoms with Crippen molar-refractivity contribution >= 4 is 36.1 Å². The molecule has 22 heavy (non-hydrogen) atoms. The van der Waals surface area contributed by atoms with E-state index in [0.29, 0.717) is 18.5 Å². The molecule has 118 valence electrons. The fraction of sp³-hybridized carbons (Fsp3) is 0.400. The van der Waals surface area contributed by atoms with Crippen LogP contribution in [0.1, 0.15) is 18.9 Å². The number of benzene rings is 1. The summed E-state index contributed by atoms with van der Waals surface area (Å²) in [5.41, 5.74) is 1.48. The number of nitrogens with one attached hydrogen (secondary N) is 1. The number of para-hydroxylation sites is 1. The smallest absolute Gasteiger partial charge is 0.323 e. The van der Waals surface area contributed by atoms with Gasteiger partial charge in [0.05, 0.1) is 5.25 Å². The number of hydrogen-bond donors (Lipinski definition) is 3. The molecule has 0 saturated heterocycles. The molecule has 1 aliphatic rings. The molecule has 1 aromatic rings. The first-order valence-electron chi connectivity index (χ1n) is 6.99. The van der Waals surface area contributed by atoms with Gasteiger partial charge in [0.25, 0.3) is 0 Å². The fourth-order valence-electron chi connectivity index (χ4n) is 2.44. The van der Waals surface area contributed by atoms with Crippen LogP contribution in [0.25, 0.3) is 0 Å². The molecule has 7 heteroatoms. The molecule has 2 rings (SSSR count). The summed E-state index contributed by atoms with van der Waals surface area (Å²) in [6, 6.07) is 6.45. The number of nitrogens with zero attached hydrogens (tertiary/aromatic N) is 1. The SMILES string of the molecule is C[C@H](S)C(=O)N[C@H]1CCc2ccccc2N(CC(=O)O)C1=O. The van der Waals surface area contributed by atoms with Gasteiger partial charge in [-0.1, -0.05) is 18.2 Å². The van der Waals surface area contributed by atoms with Crippen LogP contribution in [0.15, 0.2) is 24.3 Å². The molecule has 2 amide bonds. The van der Waals surface area contributed by atoms with E-state index in [2.05, 4.69) is 17.9 Å². The summed E-state index contributed by atoms with van der Waals surface area (Å²) in [5, 5.41) is 11.2. The van der Waals surface area contributed by atoms with E-state index in [1.807, 2.05) is 12.1 Å². The lowest BCUT2D eigenvalue weighted by atomic mass is 10.1. The van der Waals surface area contributed by atoms with Crippen molar-refractivity contribution in [3.05, 3.63) is 29.8 Å². The third kappa shape index (κ3) is 3.59. The largest absolute Gasteiger partial charge is 0.480 e. The van der Waals surface area contributed by atoms with Crippen LogP contribution in [-0.4, -0.2) is 40.7 Å². The highest BCUT2D eigenvalue weighted by molar-refractivity contribution is 7.81. The topological polar surface area (TPSA) is 86.7 Å². The van der Waals surface area contributed by atoms with Gasteiger partial charge in [-0.15, -0.1) is 0 Å². The number of fused-ring (bicyclic) bond motifs is 1. The van der Waals surface area contributed by atoms with Crippen molar-refractivity contribution in [3.63, 3.8) is 0 Å². The predicted octanol–water partition coefficient (Wildman–Crippen LogP) is 0.853. The van der Waals surface area contributed by atoms with Crippen molar-refractivity contribution in [2.45, 2.75) is 31.1 Å². The first kappa shape index (κ1) is 16.4. The molecule has 0 spiro atoms. The summed E-state index contributed by atoms with van der Waals surface area (Å²) in [6.45, 7) is 1.18. The Morgan fingerprint density at radius 3 is 2.77 bits per heavy atom. The van der Waals surface area contributed by atoms with Gasteiger partial charge >= 0.3 is 5.97 Å². The van der Waals surface area contributed by atoms with Crippen molar-refractivity contribution < 1.29 is 19.5 Å². The highest BCUT2D eigenvalue weighted by Gasteiger charge is 2.32. The van der Waals surface area contributed by atoms with Gasteiger partial charge < -0.3 is 10.4 Å². The van der Waals surface area contributed by atoms with Gasteiger partial charge in [0.15, 0.2) is 0 Å². The number of thiol groups is 1. The molecule has 1 aromatic carbocycles. The number of hydrogen-bond acceptors (Lipinski definition) is 4. The van der Waals surface area contributed by atoms with Crippen LogP contribution in [0.4, 0.5) is 5.69 Å². The molecule has 0 fully saturated rings. The number of carboxylic acid groups (broad SMARTS) is 1. The summed E-state index contributed by atoms with van der Waals surface area (Å²) >= 11 is 4.05. The van der Waals surface area contributed by atoms with Crippen molar-refractivity contribution in [2.75, 3.05) is 11.4 Å². The molecule has 0 saturated carbocycles. The maximum absolute atomic E-state index is 12.6. The van der Waals surface area contributed by atoms with Crippen molar-refractivity contribution in [1.29, 1.82) is 0 Å². The lowest BCUT2D eigenvalue weighted by molar-refractivity contribution is -0.137. The van der Waals surface area contributed by atoms with E-state index >= 15 is 0 Å². The van der Waals surface area contributed by atoms with E-state index < -0.39 is 29.7 Å².